The second kappa shape index (κ2) is 11.3. The molecule has 2 N–H and O–H groups in total. The Labute approximate surface area is 180 Å². The number of amides is 2. The van der Waals surface area contributed by atoms with Crippen LogP contribution in [0.5, 0.6) is 17.2 Å². The summed E-state index contributed by atoms with van der Waals surface area (Å²) in [7, 11) is 0. The fourth-order valence-corrected chi connectivity index (χ4v) is 2.59. The summed E-state index contributed by atoms with van der Waals surface area (Å²) in [4.78, 5) is 23.6. The summed E-state index contributed by atoms with van der Waals surface area (Å²) in [6.07, 6.45) is 0. The van der Waals surface area contributed by atoms with Gasteiger partial charge >= 0.3 is 0 Å². The Hall–Kier alpha value is -4.00. The first-order chi connectivity index (χ1) is 15.1. The first-order valence-electron chi connectivity index (χ1n) is 9.75. The molecule has 160 valence electrons. The first kappa shape index (κ1) is 21.7. The normalized spacial score (nSPS) is 10.1. The van der Waals surface area contributed by atoms with Gasteiger partial charge in [0.15, 0.2) is 13.2 Å². The van der Waals surface area contributed by atoms with Gasteiger partial charge in [0, 0.05) is 0 Å². The zero-order valence-electron chi connectivity index (χ0n) is 17.2. The van der Waals surface area contributed by atoms with Gasteiger partial charge in [0.25, 0.3) is 11.8 Å². The predicted molar refractivity (Wildman–Crippen MR) is 116 cm³/mol. The molecule has 0 spiro atoms. The van der Waals surface area contributed by atoms with Gasteiger partial charge in [-0.1, -0.05) is 42.5 Å². The fourth-order valence-electron chi connectivity index (χ4n) is 2.59. The minimum atomic E-state index is -0.492. The predicted octanol–water partition coefficient (Wildman–Crippen LogP) is 3.18. The van der Waals surface area contributed by atoms with Gasteiger partial charge in [-0.3, -0.25) is 20.4 Å². The number of carbonyl (C=O) groups is 2. The highest BCUT2D eigenvalue weighted by Crippen LogP contribution is 2.18. The Morgan fingerprint density at radius 2 is 1.26 bits per heavy atom. The highest BCUT2D eigenvalue weighted by atomic mass is 16.5. The van der Waals surface area contributed by atoms with Gasteiger partial charge in [0.05, 0.1) is 0 Å². The average Bonchev–Trinajstić information content (AvgIpc) is 2.80. The van der Waals surface area contributed by atoms with E-state index < -0.39 is 11.8 Å². The van der Waals surface area contributed by atoms with Crippen LogP contribution >= 0.6 is 0 Å². The summed E-state index contributed by atoms with van der Waals surface area (Å²) < 4.78 is 16.5. The first-order valence-corrected chi connectivity index (χ1v) is 9.75. The van der Waals surface area contributed by atoms with Crippen LogP contribution in [-0.4, -0.2) is 25.0 Å². The molecular weight excluding hydrogens is 396 g/mol. The molecule has 0 heterocycles. The molecule has 0 radical (unpaired) electrons. The van der Waals surface area contributed by atoms with Gasteiger partial charge in [0.1, 0.15) is 23.9 Å². The van der Waals surface area contributed by atoms with Crippen molar-refractivity contribution < 1.29 is 23.8 Å². The summed E-state index contributed by atoms with van der Waals surface area (Å²) in [5.74, 6) is 0.821. The highest BCUT2D eigenvalue weighted by molar-refractivity contribution is 5.83. The molecule has 3 rings (SSSR count). The van der Waals surface area contributed by atoms with Crippen LogP contribution < -0.4 is 25.1 Å². The Kier molecular flexibility index (Phi) is 7.88. The van der Waals surface area contributed by atoms with Crippen LogP contribution in [0, 0.1) is 6.92 Å². The molecule has 31 heavy (non-hydrogen) atoms. The van der Waals surface area contributed by atoms with Crippen molar-refractivity contribution in [1.29, 1.82) is 0 Å². The van der Waals surface area contributed by atoms with Crippen LogP contribution in [0.1, 0.15) is 11.1 Å². The molecule has 3 aromatic rings. The minimum absolute atomic E-state index is 0.213. The molecule has 7 nitrogen and oxygen atoms in total. The van der Waals surface area contributed by atoms with Gasteiger partial charge in [-0.05, 0) is 54.4 Å². The van der Waals surface area contributed by atoms with E-state index in [9.17, 15) is 9.59 Å². The molecule has 2 amide bonds. The fraction of sp³-hybridized carbons (Fsp3) is 0.167. The van der Waals surface area contributed by atoms with Gasteiger partial charge < -0.3 is 14.2 Å². The molecule has 0 aliphatic rings. The van der Waals surface area contributed by atoms with Crippen LogP contribution in [0.2, 0.25) is 0 Å². The molecule has 0 unspecified atom stereocenters. The van der Waals surface area contributed by atoms with Crippen molar-refractivity contribution in [2.45, 2.75) is 13.5 Å². The second-order valence-corrected chi connectivity index (χ2v) is 6.74. The minimum Gasteiger partial charge on any atom is -0.489 e. The van der Waals surface area contributed by atoms with Gasteiger partial charge in [-0.25, -0.2) is 0 Å². The van der Waals surface area contributed by atoms with E-state index in [0.717, 1.165) is 11.1 Å². The summed E-state index contributed by atoms with van der Waals surface area (Å²) in [5.41, 5.74) is 6.67. The zero-order valence-corrected chi connectivity index (χ0v) is 17.2. The highest BCUT2D eigenvalue weighted by Gasteiger charge is 2.07. The summed E-state index contributed by atoms with van der Waals surface area (Å²) in [6.45, 7) is 1.94. The SMILES string of the molecule is Cc1cccc(OCC(=O)NNC(=O)COc2ccc(OCc3ccccc3)cc2)c1. The number of carbonyl (C=O) groups excluding carboxylic acids is 2. The lowest BCUT2D eigenvalue weighted by molar-refractivity contribution is -0.131. The number of hydrogen-bond acceptors (Lipinski definition) is 5. The summed E-state index contributed by atoms with van der Waals surface area (Å²) >= 11 is 0. The molecule has 3 aromatic carbocycles. The van der Waals surface area contributed by atoms with E-state index in [2.05, 4.69) is 10.9 Å². The lowest BCUT2D eigenvalue weighted by atomic mass is 10.2. The van der Waals surface area contributed by atoms with E-state index in [0.29, 0.717) is 23.9 Å². The summed E-state index contributed by atoms with van der Waals surface area (Å²) in [5, 5.41) is 0. The third-order valence-corrected chi connectivity index (χ3v) is 4.14. The van der Waals surface area contributed by atoms with E-state index in [1.807, 2.05) is 55.5 Å². The number of hydrogen-bond donors (Lipinski definition) is 2. The number of nitrogens with one attached hydrogen (secondary N) is 2. The quantitative estimate of drug-likeness (QED) is 0.520. The summed E-state index contributed by atoms with van der Waals surface area (Å²) in [6, 6.07) is 24.1. The maximum Gasteiger partial charge on any atom is 0.276 e. The van der Waals surface area contributed by atoms with Gasteiger partial charge in [-0.15, -0.1) is 0 Å². The van der Waals surface area contributed by atoms with E-state index >= 15 is 0 Å². The molecule has 0 atom stereocenters. The molecule has 0 saturated carbocycles. The smallest absolute Gasteiger partial charge is 0.276 e. The van der Waals surface area contributed by atoms with E-state index in [-0.39, 0.29) is 13.2 Å². The monoisotopic (exact) mass is 420 g/mol. The molecule has 0 fully saturated rings. The number of ether oxygens (including phenoxy) is 3. The molecular formula is C24H24N2O5. The van der Waals surface area contributed by atoms with Crippen molar-refractivity contribution in [3.05, 3.63) is 90.0 Å². The van der Waals surface area contributed by atoms with Crippen molar-refractivity contribution in [1.82, 2.24) is 10.9 Å². The van der Waals surface area contributed by atoms with Crippen molar-refractivity contribution in [2.24, 2.45) is 0 Å². The van der Waals surface area contributed by atoms with Crippen LogP contribution in [0.4, 0.5) is 0 Å². The molecule has 7 heteroatoms. The molecule has 0 saturated heterocycles. The Morgan fingerprint density at radius 1 is 0.677 bits per heavy atom. The molecule has 0 bridgehead atoms. The Bertz CT molecular complexity index is 990. The second-order valence-electron chi connectivity index (χ2n) is 6.74. The average molecular weight is 420 g/mol. The van der Waals surface area contributed by atoms with Crippen molar-refractivity contribution in [3.63, 3.8) is 0 Å². The number of rotatable bonds is 9. The van der Waals surface area contributed by atoms with E-state index in [1.54, 1.807) is 30.3 Å². The van der Waals surface area contributed by atoms with Crippen molar-refractivity contribution >= 4 is 11.8 Å². The standard InChI is InChI=1S/C24H24N2O5/c1-18-6-5-9-22(14-18)31-17-24(28)26-25-23(27)16-30-21-12-10-20(11-13-21)29-15-19-7-3-2-4-8-19/h2-14H,15-17H2,1H3,(H,25,27)(H,26,28). The van der Waals surface area contributed by atoms with Gasteiger partial charge in [0.2, 0.25) is 0 Å². The molecule has 0 aliphatic heterocycles. The van der Waals surface area contributed by atoms with Crippen LogP contribution in [0.3, 0.4) is 0 Å². The van der Waals surface area contributed by atoms with Crippen molar-refractivity contribution in [2.75, 3.05) is 13.2 Å². The maximum atomic E-state index is 11.8. The third-order valence-electron chi connectivity index (χ3n) is 4.14. The Morgan fingerprint density at radius 3 is 1.87 bits per heavy atom. The van der Waals surface area contributed by atoms with Crippen LogP contribution in [-0.2, 0) is 16.2 Å². The third kappa shape index (κ3) is 7.74. The van der Waals surface area contributed by atoms with Crippen LogP contribution in [0.15, 0.2) is 78.9 Å². The number of benzene rings is 3. The van der Waals surface area contributed by atoms with Gasteiger partial charge in [-0.2, -0.15) is 0 Å². The van der Waals surface area contributed by atoms with E-state index in [1.165, 1.54) is 0 Å². The molecule has 0 aliphatic carbocycles. The lowest BCUT2D eigenvalue weighted by Gasteiger charge is -2.10. The van der Waals surface area contributed by atoms with Crippen molar-refractivity contribution in [3.8, 4) is 17.2 Å². The Balaban J connectivity index is 1.33. The molecule has 0 aromatic heterocycles. The van der Waals surface area contributed by atoms with E-state index in [4.69, 9.17) is 14.2 Å². The topological polar surface area (TPSA) is 85.9 Å². The lowest BCUT2D eigenvalue weighted by Crippen LogP contribution is -2.45. The zero-order chi connectivity index (χ0) is 21.9. The largest absolute Gasteiger partial charge is 0.489 e. The van der Waals surface area contributed by atoms with Crippen LogP contribution in [0.25, 0.3) is 0 Å². The maximum absolute atomic E-state index is 11.8. The number of aryl methyl sites for hydroxylation is 1. The number of hydrazine groups is 1.